The Balaban J connectivity index is 0.00000116. The van der Waals surface area contributed by atoms with Crippen LogP contribution in [-0.4, -0.2) is 12.8 Å². The van der Waals surface area contributed by atoms with E-state index in [9.17, 15) is 0 Å². The van der Waals surface area contributed by atoms with Crippen LogP contribution in [0.15, 0.2) is 46.9 Å². The Hall–Kier alpha value is -1.81. The lowest BCUT2D eigenvalue weighted by Gasteiger charge is -2.13. The van der Waals surface area contributed by atoms with E-state index in [2.05, 4.69) is 21.2 Å². The Morgan fingerprint density at radius 1 is 1.14 bits per heavy atom. The zero-order valence-corrected chi connectivity index (χ0v) is 15.1. The monoisotopic (exact) mass is 362 g/mol. The van der Waals surface area contributed by atoms with Crippen molar-refractivity contribution in [3.05, 3.63) is 58.1 Å². The van der Waals surface area contributed by atoms with Crippen molar-refractivity contribution in [2.45, 2.75) is 27.3 Å². The molecule has 2 aromatic carbocycles. The molecule has 2 N–H and O–H groups in total. The molecule has 0 aliphatic carbocycles. The number of para-hydroxylation sites is 1. The van der Waals surface area contributed by atoms with Crippen molar-refractivity contribution in [2.24, 2.45) is 0 Å². The Bertz CT molecular complexity index is 609. The molecule has 2 aromatic rings. The first kappa shape index (κ1) is 18.2. The fourth-order valence-corrected chi connectivity index (χ4v) is 2.46. The van der Waals surface area contributed by atoms with Crippen LogP contribution < -0.4 is 10.1 Å². The molecule has 0 amide bonds. The number of anilines is 1. The quantitative estimate of drug-likeness (QED) is 0.691. The number of ether oxygens (including phenoxy) is 1. The molecule has 0 radical (unpaired) electrons. The summed E-state index contributed by atoms with van der Waals surface area (Å²) in [7, 11) is 1.66. The lowest BCUT2D eigenvalue weighted by Crippen LogP contribution is -2.05. The molecule has 22 heavy (non-hydrogen) atoms. The Kier molecular flexibility index (Phi) is 7.67. The summed E-state index contributed by atoms with van der Waals surface area (Å²) in [6.45, 7) is 6.49. The summed E-state index contributed by atoms with van der Waals surface area (Å²) in [5.74, 6) is 0.852. The molecule has 0 atom stereocenters. The minimum atomic E-state index is 0.545. The third kappa shape index (κ3) is 4.88. The van der Waals surface area contributed by atoms with E-state index in [4.69, 9.17) is 10.1 Å². The van der Waals surface area contributed by atoms with E-state index in [0.29, 0.717) is 12.3 Å². The topological polar surface area (TPSA) is 45.1 Å². The van der Waals surface area contributed by atoms with Gasteiger partial charge in [0.1, 0.15) is 5.75 Å². The fraction of sp³-hybridized carbons (Fsp3) is 0.278. The number of hydrogen-bond donors (Lipinski definition) is 2. The highest BCUT2D eigenvalue weighted by molar-refractivity contribution is 9.10. The average Bonchev–Trinajstić information content (AvgIpc) is 2.55. The van der Waals surface area contributed by atoms with Gasteiger partial charge in [0, 0.05) is 22.3 Å². The van der Waals surface area contributed by atoms with Crippen LogP contribution >= 0.6 is 15.9 Å². The van der Waals surface area contributed by atoms with Crippen LogP contribution in [0.4, 0.5) is 5.69 Å². The molecule has 4 heteroatoms. The van der Waals surface area contributed by atoms with Crippen molar-refractivity contribution in [3.8, 4) is 5.75 Å². The molecule has 0 aromatic heterocycles. The molecular formula is C18H23BrN2O. The predicted octanol–water partition coefficient (Wildman–Crippen LogP) is 5.48. The number of nitrogens with one attached hydrogen (secondary N) is 2. The van der Waals surface area contributed by atoms with E-state index in [-0.39, 0.29) is 0 Å². The lowest BCUT2D eigenvalue weighted by atomic mass is 10.1. The molecule has 0 aliphatic rings. The number of halogens is 1. The van der Waals surface area contributed by atoms with Crippen LogP contribution in [0, 0.1) is 5.41 Å². The zero-order chi connectivity index (χ0) is 16.5. The highest BCUT2D eigenvalue weighted by atomic mass is 79.9. The van der Waals surface area contributed by atoms with Gasteiger partial charge in [0.25, 0.3) is 0 Å². The SMILES string of the molecule is CC.COc1ccc(CNc2c(Br)cccc2C(C)=N)cc1. The Morgan fingerprint density at radius 2 is 1.77 bits per heavy atom. The van der Waals surface area contributed by atoms with Gasteiger partial charge in [-0.1, -0.05) is 38.1 Å². The number of rotatable bonds is 5. The van der Waals surface area contributed by atoms with Gasteiger partial charge in [-0.2, -0.15) is 0 Å². The highest BCUT2D eigenvalue weighted by Crippen LogP contribution is 2.27. The first-order valence-corrected chi connectivity index (χ1v) is 8.12. The van der Waals surface area contributed by atoms with Crippen LogP contribution in [0.5, 0.6) is 5.75 Å². The lowest BCUT2D eigenvalue weighted by molar-refractivity contribution is 0.414. The molecule has 3 nitrogen and oxygen atoms in total. The second-order valence-electron chi connectivity index (χ2n) is 4.49. The first-order valence-electron chi connectivity index (χ1n) is 7.32. The average molecular weight is 363 g/mol. The van der Waals surface area contributed by atoms with Crippen molar-refractivity contribution in [1.29, 1.82) is 5.41 Å². The van der Waals surface area contributed by atoms with E-state index < -0.39 is 0 Å². The van der Waals surface area contributed by atoms with Gasteiger partial charge in [0.2, 0.25) is 0 Å². The van der Waals surface area contributed by atoms with E-state index in [1.54, 1.807) is 14.0 Å². The van der Waals surface area contributed by atoms with Crippen molar-refractivity contribution in [2.75, 3.05) is 12.4 Å². The molecule has 118 valence electrons. The maximum absolute atomic E-state index is 7.83. The molecule has 0 saturated heterocycles. The molecule has 0 saturated carbocycles. The van der Waals surface area contributed by atoms with Crippen molar-refractivity contribution >= 4 is 27.3 Å². The first-order chi connectivity index (χ1) is 10.6. The summed E-state index contributed by atoms with van der Waals surface area (Å²) in [5.41, 5.74) is 3.57. The van der Waals surface area contributed by atoms with Gasteiger partial charge < -0.3 is 15.5 Å². The summed E-state index contributed by atoms with van der Waals surface area (Å²) >= 11 is 3.53. The smallest absolute Gasteiger partial charge is 0.118 e. The van der Waals surface area contributed by atoms with Crippen molar-refractivity contribution < 1.29 is 4.74 Å². The van der Waals surface area contributed by atoms with Gasteiger partial charge in [-0.3, -0.25) is 0 Å². The Labute approximate surface area is 141 Å². The molecule has 0 heterocycles. The minimum absolute atomic E-state index is 0.545. The molecule has 2 rings (SSSR count). The molecule has 0 bridgehead atoms. The molecule has 0 spiro atoms. The van der Waals surface area contributed by atoms with Crippen LogP contribution in [-0.2, 0) is 6.54 Å². The normalized spacial score (nSPS) is 9.50. The van der Waals surface area contributed by atoms with Gasteiger partial charge in [-0.25, -0.2) is 0 Å². The van der Waals surface area contributed by atoms with Gasteiger partial charge in [-0.15, -0.1) is 0 Å². The minimum Gasteiger partial charge on any atom is -0.497 e. The van der Waals surface area contributed by atoms with Gasteiger partial charge in [-0.05, 0) is 46.6 Å². The van der Waals surface area contributed by atoms with E-state index in [0.717, 1.165) is 27.0 Å². The molecule has 0 unspecified atom stereocenters. The summed E-state index contributed by atoms with van der Waals surface area (Å²) in [6, 6.07) is 13.8. The van der Waals surface area contributed by atoms with Crippen LogP contribution in [0.2, 0.25) is 0 Å². The van der Waals surface area contributed by atoms with Crippen molar-refractivity contribution in [1.82, 2.24) is 0 Å². The third-order valence-electron chi connectivity index (χ3n) is 3.05. The third-order valence-corrected chi connectivity index (χ3v) is 3.71. The van der Waals surface area contributed by atoms with Crippen LogP contribution in [0.25, 0.3) is 0 Å². The molecule has 0 fully saturated rings. The van der Waals surface area contributed by atoms with Gasteiger partial charge >= 0.3 is 0 Å². The molecule has 0 aliphatic heterocycles. The fourth-order valence-electron chi connectivity index (χ4n) is 1.95. The maximum atomic E-state index is 7.83. The predicted molar refractivity (Wildman–Crippen MR) is 98.3 cm³/mol. The highest BCUT2D eigenvalue weighted by Gasteiger charge is 2.08. The molecular weight excluding hydrogens is 340 g/mol. The largest absolute Gasteiger partial charge is 0.497 e. The standard InChI is InChI=1S/C16H17BrN2O.C2H6/c1-11(18)14-4-3-5-15(17)16(14)19-10-12-6-8-13(20-2)9-7-12;1-2/h3-9,18-19H,10H2,1-2H3;1-2H3. The van der Waals surface area contributed by atoms with E-state index in [1.807, 2.05) is 56.3 Å². The van der Waals surface area contributed by atoms with Crippen molar-refractivity contribution in [3.63, 3.8) is 0 Å². The number of benzene rings is 2. The summed E-state index contributed by atoms with van der Waals surface area (Å²) in [6.07, 6.45) is 0. The van der Waals surface area contributed by atoms with E-state index in [1.165, 1.54) is 0 Å². The maximum Gasteiger partial charge on any atom is 0.118 e. The zero-order valence-electron chi connectivity index (χ0n) is 13.5. The summed E-state index contributed by atoms with van der Waals surface area (Å²) in [4.78, 5) is 0. The number of hydrogen-bond acceptors (Lipinski definition) is 3. The number of methoxy groups -OCH3 is 1. The second-order valence-corrected chi connectivity index (χ2v) is 5.34. The van der Waals surface area contributed by atoms with Gasteiger partial charge in [0.15, 0.2) is 0 Å². The second kappa shape index (κ2) is 9.26. The summed E-state index contributed by atoms with van der Waals surface area (Å²) in [5, 5.41) is 11.2. The van der Waals surface area contributed by atoms with Crippen LogP contribution in [0.3, 0.4) is 0 Å². The van der Waals surface area contributed by atoms with Crippen LogP contribution in [0.1, 0.15) is 31.9 Å². The Morgan fingerprint density at radius 3 is 2.32 bits per heavy atom. The van der Waals surface area contributed by atoms with E-state index >= 15 is 0 Å². The summed E-state index contributed by atoms with van der Waals surface area (Å²) < 4.78 is 6.11. The van der Waals surface area contributed by atoms with Gasteiger partial charge in [0.05, 0.1) is 12.8 Å².